The number of unbranched alkanes of at least 4 members (excludes halogenated alkanes) is 1. The summed E-state index contributed by atoms with van der Waals surface area (Å²) in [6, 6.07) is 15.9. The standard InChI is InChI=1S/C28H36N2O6/c1-28(2,3)36-26(33)29-17-9-8-10-19(15-16-25(31)32)30-27(34)35-18-24-22-13-6-4-11-20(22)21-12-5-7-14-23(21)24/h4-7,11-14,19,24H,8-10,15-18H2,1-3H3,(H,29,33)(H,30,34)(H,31,32)/t19-/m0/s1. The minimum Gasteiger partial charge on any atom is -0.481 e. The average molecular weight is 497 g/mol. The SMILES string of the molecule is CC(C)(C)OC(=O)NCCCC[C@@H](CCC(=O)O)NC(=O)OCC1c2ccccc2-c2ccccc21. The lowest BCUT2D eigenvalue weighted by molar-refractivity contribution is -0.137. The summed E-state index contributed by atoms with van der Waals surface area (Å²) in [6.45, 7) is 6.04. The quantitative estimate of drug-likeness (QED) is 0.356. The lowest BCUT2D eigenvalue weighted by Crippen LogP contribution is -2.36. The molecule has 0 unspecified atom stereocenters. The first kappa shape index (κ1) is 27.0. The molecule has 194 valence electrons. The molecule has 8 heteroatoms. The number of hydrogen-bond acceptors (Lipinski definition) is 5. The fourth-order valence-electron chi connectivity index (χ4n) is 4.41. The molecule has 2 amide bonds. The van der Waals surface area contributed by atoms with Gasteiger partial charge in [0.2, 0.25) is 0 Å². The Morgan fingerprint density at radius 2 is 1.53 bits per heavy atom. The molecule has 1 aliphatic carbocycles. The second kappa shape index (κ2) is 12.4. The number of alkyl carbamates (subject to hydrolysis) is 2. The van der Waals surface area contributed by atoms with Crippen molar-refractivity contribution >= 4 is 18.2 Å². The van der Waals surface area contributed by atoms with Gasteiger partial charge in [0.1, 0.15) is 12.2 Å². The minimum absolute atomic E-state index is 0.0421. The number of benzene rings is 2. The van der Waals surface area contributed by atoms with Crippen LogP contribution in [0.1, 0.15) is 69.9 Å². The topological polar surface area (TPSA) is 114 Å². The maximum atomic E-state index is 12.6. The summed E-state index contributed by atoms with van der Waals surface area (Å²) in [4.78, 5) is 35.5. The van der Waals surface area contributed by atoms with Crippen molar-refractivity contribution in [2.45, 2.75) is 70.4 Å². The summed E-state index contributed by atoms with van der Waals surface area (Å²) in [5.74, 6) is -0.958. The lowest BCUT2D eigenvalue weighted by atomic mass is 9.98. The van der Waals surface area contributed by atoms with E-state index < -0.39 is 23.8 Å². The van der Waals surface area contributed by atoms with Gasteiger partial charge in [0, 0.05) is 24.9 Å². The van der Waals surface area contributed by atoms with E-state index in [-0.39, 0.29) is 25.0 Å². The van der Waals surface area contributed by atoms with Gasteiger partial charge in [0.15, 0.2) is 0 Å². The molecule has 3 rings (SSSR count). The van der Waals surface area contributed by atoms with E-state index in [1.807, 2.05) is 24.3 Å². The maximum Gasteiger partial charge on any atom is 0.407 e. The van der Waals surface area contributed by atoms with E-state index >= 15 is 0 Å². The first-order valence-corrected chi connectivity index (χ1v) is 12.4. The Labute approximate surface area is 212 Å². The van der Waals surface area contributed by atoms with Gasteiger partial charge < -0.3 is 25.2 Å². The van der Waals surface area contributed by atoms with Gasteiger partial charge in [-0.25, -0.2) is 9.59 Å². The van der Waals surface area contributed by atoms with Crippen LogP contribution in [-0.2, 0) is 14.3 Å². The molecule has 0 radical (unpaired) electrons. The third-order valence-corrected chi connectivity index (χ3v) is 6.02. The largest absolute Gasteiger partial charge is 0.481 e. The van der Waals surface area contributed by atoms with Crippen molar-refractivity contribution in [1.82, 2.24) is 10.6 Å². The van der Waals surface area contributed by atoms with E-state index in [4.69, 9.17) is 14.6 Å². The van der Waals surface area contributed by atoms with Gasteiger partial charge in [-0.3, -0.25) is 4.79 Å². The number of hydrogen-bond donors (Lipinski definition) is 3. The van der Waals surface area contributed by atoms with Crippen LogP contribution in [-0.4, -0.2) is 48.1 Å². The van der Waals surface area contributed by atoms with Gasteiger partial charge in [-0.1, -0.05) is 48.5 Å². The number of ether oxygens (including phenoxy) is 2. The van der Waals surface area contributed by atoms with Gasteiger partial charge >= 0.3 is 18.2 Å². The molecular formula is C28H36N2O6. The van der Waals surface area contributed by atoms with E-state index in [0.717, 1.165) is 22.3 Å². The van der Waals surface area contributed by atoms with Crippen LogP contribution < -0.4 is 10.6 Å². The van der Waals surface area contributed by atoms with Crippen molar-refractivity contribution in [2.24, 2.45) is 0 Å². The van der Waals surface area contributed by atoms with Crippen LogP contribution >= 0.6 is 0 Å². The van der Waals surface area contributed by atoms with E-state index in [9.17, 15) is 14.4 Å². The maximum absolute atomic E-state index is 12.6. The molecule has 0 saturated heterocycles. The molecule has 0 spiro atoms. The summed E-state index contributed by atoms with van der Waals surface area (Å²) < 4.78 is 10.8. The van der Waals surface area contributed by atoms with Gasteiger partial charge in [-0.2, -0.15) is 0 Å². The fraction of sp³-hybridized carbons (Fsp3) is 0.464. The summed E-state index contributed by atoms with van der Waals surface area (Å²) >= 11 is 0. The van der Waals surface area contributed by atoms with Crippen LogP contribution in [0.25, 0.3) is 11.1 Å². The highest BCUT2D eigenvalue weighted by Gasteiger charge is 2.29. The third-order valence-electron chi connectivity index (χ3n) is 6.02. The highest BCUT2D eigenvalue weighted by atomic mass is 16.6. The molecule has 0 saturated carbocycles. The summed E-state index contributed by atoms with van der Waals surface area (Å²) in [7, 11) is 0. The number of carboxylic acid groups (broad SMARTS) is 1. The smallest absolute Gasteiger partial charge is 0.407 e. The molecular weight excluding hydrogens is 460 g/mol. The Hall–Kier alpha value is -3.55. The summed E-state index contributed by atoms with van der Waals surface area (Å²) in [5, 5.41) is 14.6. The second-order valence-electron chi connectivity index (χ2n) is 10.0. The minimum atomic E-state index is -0.916. The second-order valence-corrected chi connectivity index (χ2v) is 10.0. The molecule has 0 bridgehead atoms. The molecule has 3 N–H and O–H groups in total. The molecule has 36 heavy (non-hydrogen) atoms. The van der Waals surface area contributed by atoms with Crippen LogP contribution in [0, 0.1) is 0 Å². The van der Waals surface area contributed by atoms with Gasteiger partial charge in [0.25, 0.3) is 0 Å². The third kappa shape index (κ3) is 8.00. The predicted molar refractivity (Wildman–Crippen MR) is 137 cm³/mol. The zero-order valence-corrected chi connectivity index (χ0v) is 21.2. The highest BCUT2D eigenvalue weighted by molar-refractivity contribution is 5.79. The Balaban J connectivity index is 1.49. The molecule has 0 fully saturated rings. The van der Waals surface area contributed by atoms with E-state index in [0.29, 0.717) is 32.2 Å². The molecule has 0 aromatic heterocycles. The summed E-state index contributed by atoms with van der Waals surface area (Å²) in [5.41, 5.74) is 4.01. The average Bonchev–Trinajstić information content (AvgIpc) is 3.13. The van der Waals surface area contributed by atoms with Crippen molar-refractivity contribution < 1.29 is 29.0 Å². The van der Waals surface area contributed by atoms with Crippen molar-refractivity contribution in [3.63, 3.8) is 0 Å². The van der Waals surface area contributed by atoms with Crippen molar-refractivity contribution in [3.05, 3.63) is 59.7 Å². The van der Waals surface area contributed by atoms with E-state index in [1.54, 1.807) is 20.8 Å². The number of carboxylic acids is 1. The van der Waals surface area contributed by atoms with Crippen molar-refractivity contribution in [1.29, 1.82) is 0 Å². The molecule has 0 heterocycles. The highest BCUT2D eigenvalue weighted by Crippen LogP contribution is 2.44. The molecule has 2 aromatic carbocycles. The molecule has 1 aliphatic rings. The fourth-order valence-corrected chi connectivity index (χ4v) is 4.41. The summed E-state index contributed by atoms with van der Waals surface area (Å²) in [6.07, 6.45) is 1.18. The van der Waals surface area contributed by atoms with Gasteiger partial charge in [0.05, 0.1) is 0 Å². The number of nitrogens with one attached hydrogen (secondary N) is 2. The normalized spacial score (nSPS) is 13.3. The van der Waals surface area contributed by atoms with E-state index in [2.05, 4.69) is 34.9 Å². The van der Waals surface area contributed by atoms with Crippen LogP contribution in [0.4, 0.5) is 9.59 Å². The zero-order chi connectivity index (χ0) is 26.1. The number of aliphatic carboxylic acids is 1. The molecule has 0 aliphatic heterocycles. The van der Waals surface area contributed by atoms with Crippen molar-refractivity contribution in [2.75, 3.05) is 13.2 Å². The lowest BCUT2D eigenvalue weighted by Gasteiger charge is -2.20. The van der Waals surface area contributed by atoms with Crippen molar-refractivity contribution in [3.8, 4) is 11.1 Å². The Morgan fingerprint density at radius 1 is 0.917 bits per heavy atom. The Kier molecular flexibility index (Phi) is 9.33. The Morgan fingerprint density at radius 3 is 2.11 bits per heavy atom. The number of fused-ring (bicyclic) bond motifs is 3. The predicted octanol–water partition coefficient (Wildman–Crippen LogP) is 5.45. The van der Waals surface area contributed by atoms with Crippen LogP contribution in [0.2, 0.25) is 0 Å². The number of carbonyl (C=O) groups is 3. The monoisotopic (exact) mass is 496 g/mol. The van der Waals surface area contributed by atoms with Crippen LogP contribution in [0.5, 0.6) is 0 Å². The van der Waals surface area contributed by atoms with Gasteiger partial charge in [-0.15, -0.1) is 0 Å². The molecule has 1 atom stereocenters. The number of amides is 2. The first-order valence-electron chi connectivity index (χ1n) is 12.4. The molecule has 8 nitrogen and oxygen atoms in total. The molecule has 2 aromatic rings. The Bertz CT molecular complexity index is 1020. The van der Waals surface area contributed by atoms with Crippen LogP contribution in [0.3, 0.4) is 0 Å². The zero-order valence-electron chi connectivity index (χ0n) is 21.2. The first-order chi connectivity index (χ1) is 17.1. The van der Waals surface area contributed by atoms with Crippen LogP contribution in [0.15, 0.2) is 48.5 Å². The van der Waals surface area contributed by atoms with E-state index in [1.165, 1.54) is 0 Å². The number of rotatable bonds is 11. The van der Waals surface area contributed by atoms with Gasteiger partial charge in [-0.05, 0) is 68.7 Å². The number of carbonyl (C=O) groups excluding carboxylic acids is 2.